The summed E-state index contributed by atoms with van der Waals surface area (Å²) in [6.07, 6.45) is 4.18. The number of hydrogen-bond acceptors (Lipinski definition) is 9. The molecule has 4 amide bonds. The number of ketones is 1. The topological polar surface area (TPSA) is 176 Å². The first-order chi connectivity index (χ1) is 24.5. The first-order valence-corrected chi connectivity index (χ1v) is 16.9. The summed E-state index contributed by atoms with van der Waals surface area (Å²) in [6, 6.07) is 14.1. The van der Waals surface area contributed by atoms with Gasteiger partial charge in [-0.2, -0.15) is 0 Å². The number of amides is 4. The zero-order valence-electron chi connectivity index (χ0n) is 29.2. The minimum absolute atomic E-state index is 0.0316. The van der Waals surface area contributed by atoms with E-state index in [2.05, 4.69) is 20.9 Å². The molecule has 268 valence electrons. The number of carbonyl (C=O) groups is 5. The summed E-state index contributed by atoms with van der Waals surface area (Å²) >= 11 is 0. The highest BCUT2D eigenvalue weighted by Crippen LogP contribution is 2.41. The van der Waals surface area contributed by atoms with Gasteiger partial charge in [0.1, 0.15) is 24.5 Å². The van der Waals surface area contributed by atoms with Crippen molar-refractivity contribution >= 4 is 52.7 Å². The molecule has 4 N–H and O–H groups in total. The van der Waals surface area contributed by atoms with Gasteiger partial charge in [0.2, 0.25) is 17.7 Å². The molecule has 0 bridgehead atoms. The fourth-order valence-corrected chi connectivity index (χ4v) is 6.05. The van der Waals surface area contributed by atoms with Crippen molar-refractivity contribution in [2.75, 3.05) is 17.3 Å². The maximum absolute atomic E-state index is 13.7. The monoisotopic (exact) mass is 697 g/mol. The number of aliphatic hydroxyl groups excluding tert-OH is 1. The maximum atomic E-state index is 13.7. The summed E-state index contributed by atoms with van der Waals surface area (Å²) in [5, 5.41) is 17.9. The third-order valence-corrected chi connectivity index (χ3v) is 8.73. The minimum atomic E-state index is -0.943. The number of benzene rings is 3. The number of anilines is 2. The predicted molar refractivity (Wildman–Crippen MR) is 192 cm³/mol. The molecule has 3 aromatic rings. The number of fused-ring (bicyclic) bond motifs is 4. The maximum Gasteiger partial charge on any atom is 0.261 e. The third kappa shape index (κ3) is 8.97. The summed E-state index contributed by atoms with van der Waals surface area (Å²) in [5.74, 6) is -0.766. The fraction of sp³-hybridized carbons (Fsp3) is 0.368. The van der Waals surface area contributed by atoms with Gasteiger partial charge in [-0.05, 0) is 80.6 Å². The molecular weight excluding hydrogens is 654 g/mol. The molecule has 0 radical (unpaired) electrons. The minimum Gasteiger partial charge on any atom is -0.493 e. The number of aliphatic hydroxyl groups is 1. The van der Waals surface area contributed by atoms with Crippen LogP contribution in [0.1, 0.15) is 73.5 Å². The number of unbranched alkanes of at least 4 members (excludes halogenated alkanes) is 1. The lowest BCUT2D eigenvalue weighted by Crippen LogP contribution is -2.50. The molecule has 2 heterocycles. The third-order valence-electron chi connectivity index (χ3n) is 8.73. The Hall–Kier alpha value is -5.56. The zero-order valence-corrected chi connectivity index (χ0v) is 29.2. The average molecular weight is 698 g/mol. The molecule has 0 saturated carbocycles. The van der Waals surface area contributed by atoms with Gasteiger partial charge in [0.15, 0.2) is 11.5 Å². The number of ether oxygens (including phenoxy) is 2. The van der Waals surface area contributed by atoms with Crippen LogP contribution in [0.3, 0.4) is 0 Å². The van der Waals surface area contributed by atoms with Gasteiger partial charge in [-0.25, -0.2) is 0 Å². The summed E-state index contributed by atoms with van der Waals surface area (Å²) in [5.41, 5.74) is 4.32. The molecular formula is C38H43N5O8. The van der Waals surface area contributed by atoms with Crippen LogP contribution in [0.4, 0.5) is 17.1 Å². The number of methoxy groups -OCH3 is 1. The zero-order chi connectivity index (χ0) is 36.7. The highest BCUT2D eigenvalue weighted by Gasteiger charge is 2.36. The van der Waals surface area contributed by atoms with E-state index in [-0.39, 0.29) is 43.3 Å². The van der Waals surface area contributed by atoms with Crippen LogP contribution < -0.4 is 30.3 Å². The van der Waals surface area contributed by atoms with E-state index in [1.54, 1.807) is 41.4 Å². The first-order valence-electron chi connectivity index (χ1n) is 16.9. The standard InChI is InChI=1S/C38H43N5O8/c1-22(45)9-5-8-12-35(46)40-23(2)36(47)41-24(3)37(48)42-28-14-25(20-44)13-26(15-28)21-51-34-18-31-30(17-33(34)50-4)38(49)43-29(19-39-31)16-27-10-6-7-11-32(27)43/h6-7,10-11,13-15,17-19,23-24,29,44H,5,8-9,12,16,20-21H2,1-4H3,(H,40,46)(H,41,47)(H,42,48)/t23?,24?,29-/m0/s1. The smallest absolute Gasteiger partial charge is 0.261 e. The largest absolute Gasteiger partial charge is 0.493 e. The summed E-state index contributed by atoms with van der Waals surface area (Å²) in [4.78, 5) is 69.1. The molecule has 13 heteroatoms. The molecule has 13 nitrogen and oxygen atoms in total. The average Bonchev–Trinajstić information content (AvgIpc) is 3.43. The number of carbonyl (C=O) groups excluding carboxylic acids is 5. The van der Waals surface area contributed by atoms with Crippen LogP contribution in [-0.4, -0.2) is 66.0 Å². The second-order valence-electron chi connectivity index (χ2n) is 12.8. The van der Waals surface area contributed by atoms with Crippen molar-refractivity contribution in [1.29, 1.82) is 0 Å². The molecule has 2 aliphatic rings. The van der Waals surface area contributed by atoms with Crippen LogP contribution >= 0.6 is 0 Å². The molecule has 0 fully saturated rings. The number of hydrogen-bond donors (Lipinski definition) is 4. The molecule has 3 aromatic carbocycles. The predicted octanol–water partition coefficient (Wildman–Crippen LogP) is 4.15. The van der Waals surface area contributed by atoms with Crippen LogP contribution in [0.15, 0.2) is 59.6 Å². The number of rotatable bonds is 15. The molecule has 0 aromatic heterocycles. The van der Waals surface area contributed by atoms with Crippen molar-refractivity contribution < 1.29 is 38.6 Å². The van der Waals surface area contributed by atoms with Crippen LogP contribution in [0.5, 0.6) is 11.5 Å². The van der Waals surface area contributed by atoms with Gasteiger partial charge in [-0.1, -0.05) is 18.2 Å². The molecule has 51 heavy (non-hydrogen) atoms. The van der Waals surface area contributed by atoms with Crippen molar-refractivity contribution in [2.24, 2.45) is 4.99 Å². The van der Waals surface area contributed by atoms with Crippen molar-refractivity contribution in [3.8, 4) is 11.5 Å². The van der Waals surface area contributed by atoms with E-state index in [1.165, 1.54) is 27.9 Å². The highest BCUT2D eigenvalue weighted by atomic mass is 16.5. The van der Waals surface area contributed by atoms with Gasteiger partial charge >= 0.3 is 0 Å². The Kier molecular flexibility index (Phi) is 11.8. The van der Waals surface area contributed by atoms with Gasteiger partial charge in [0.05, 0.1) is 31.0 Å². The van der Waals surface area contributed by atoms with E-state index in [0.29, 0.717) is 65.2 Å². The van der Waals surface area contributed by atoms with E-state index in [0.717, 1.165) is 11.3 Å². The molecule has 5 rings (SSSR count). The van der Waals surface area contributed by atoms with E-state index in [1.807, 2.05) is 24.3 Å². The van der Waals surface area contributed by atoms with E-state index in [9.17, 15) is 29.1 Å². The quantitative estimate of drug-likeness (QED) is 0.171. The lowest BCUT2D eigenvalue weighted by molar-refractivity contribution is -0.130. The Morgan fingerprint density at radius 2 is 1.67 bits per heavy atom. The summed E-state index contributed by atoms with van der Waals surface area (Å²) in [7, 11) is 1.49. The van der Waals surface area contributed by atoms with E-state index >= 15 is 0 Å². The SMILES string of the molecule is COc1cc2c(cc1OCc1cc(CO)cc(NC(=O)C(C)NC(=O)C(C)NC(=O)CCCCC(C)=O)c1)N=C[C@@H]1Cc3ccccc3N1C2=O. The van der Waals surface area contributed by atoms with Gasteiger partial charge in [-0.15, -0.1) is 0 Å². The van der Waals surface area contributed by atoms with Gasteiger partial charge < -0.3 is 35.3 Å². The lowest BCUT2D eigenvalue weighted by atomic mass is 10.1. The number of nitrogens with one attached hydrogen (secondary N) is 3. The molecule has 3 atom stereocenters. The van der Waals surface area contributed by atoms with Gasteiger partial charge in [0.25, 0.3) is 5.91 Å². The fourth-order valence-electron chi connectivity index (χ4n) is 6.05. The second-order valence-corrected chi connectivity index (χ2v) is 12.8. The molecule has 0 saturated heterocycles. The number of Topliss-reactive ketones (excluding diaryl/α,β-unsaturated/α-hetero) is 1. The van der Waals surface area contributed by atoms with E-state index < -0.39 is 23.9 Å². The van der Waals surface area contributed by atoms with E-state index in [4.69, 9.17) is 9.47 Å². The van der Waals surface area contributed by atoms with Crippen LogP contribution in [0.25, 0.3) is 0 Å². The normalized spacial score (nSPS) is 15.4. The van der Waals surface area contributed by atoms with Crippen LogP contribution in [-0.2, 0) is 38.8 Å². The Morgan fingerprint density at radius 3 is 2.41 bits per heavy atom. The van der Waals surface area contributed by atoms with Gasteiger partial charge in [-0.3, -0.25) is 29.1 Å². The Labute approximate surface area is 296 Å². The van der Waals surface area contributed by atoms with Crippen LogP contribution in [0, 0.1) is 0 Å². The second kappa shape index (κ2) is 16.4. The molecule has 0 aliphatic carbocycles. The van der Waals surface area contributed by atoms with Gasteiger partial charge in [0, 0.05) is 42.9 Å². The molecule has 0 spiro atoms. The van der Waals surface area contributed by atoms with Crippen LogP contribution in [0.2, 0.25) is 0 Å². The van der Waals surface area contributed by atoms with Crippen molar-refractivity contribution in [1.82, 2.24) is 10.6 Å². The highest BCUT2D eigenvalue weighted by molar-refractivity contribution is 6.14. The van der Waals surface area contributed by atoms with Crippen molar-refractivity contribution in [3.63, 3.8) is 0 Å². The number of para-hydroxylation sites is 1. The Bertz CT molecular complexity index is 1860. The molecule has 2 aliphatic heterocycles. The number of aliphatic imine (C=N–C) groups is 1. The van der Waals surface area contributed by atoms with Crippen molar-refractivity contribution in [2.45, 2.75) is 84.2 Å². The van der Waals surface area contributed by atoms with Crippen molar-refractivity contribution in [3.05, 3.63) is 76.9 Å². The Morgan fingerprint density at radius 1 is 0.941 bits per heavy atom. The Balaban J connectivity index is 1.21. The summed E-state index contributed by atoms with van der Waals surface area (Å²) in [6.45, 7) is 4.28. The lowest BCUT2D eigenvalue weighted by Gasteiger charge is -2.22. The summed E-state index contributed by atoms with van der Waals surface area (Å²) < 4.78 is 11.7. The first kappa shape index (κ1) is 36.7. The number of nitrogens with zero attached hydrogens (tertiary/aromatic N) is 2. The molecule has 2 unspecified atom stereocenters.